The van der Waals surface area contributed by atoms with Gasteiger partial charge in [-0.25, -0.2) is 18.4 Å². The lowest BCUT2D eigenvalue weighted by Crippen LogP contribution is -2.39. The number of piperidine rings is 1. The lowest BCUT2D eigenvalue weighted by Gasteiger charge is -2.32. The van der Waals surface area contributed by atoms with E-state index >= 15 is 0 Å². The quantitative estimate of drug-likeness (QED) is 0.840. The molecule has 140 valence electrons. The molecule has 0 radical (unpaired) electrons. The third kappa shape index (κ3) is 4.93. The Hall–Kier alpha value is -1.70. The molecular formula is C18H23ClN4O2S. The van der Waals surface area contributed by atoms with Crippen LogP contribution in [-0.2, 0) is 16.4 Å². The van der Waals surface area contributed by atoms with Gasteiger partial charge in [0.1, 0.15) is 0 Å². The number of sulfone groups is 1. The Morgan fingerprint density at radius 1 is 1.27 bits per heavy atom. The fourth-order valence-electron chi connectivity index (χ4n) is 3.06. The van der Waals surface area contributed by atoms with Crippen LogP contribution in [-0.4, -0.2) is 48.7 Å². The molecule has 6 nitrogen and oxygen atoms in total. The molecule has 1 saturated heterocycles. The maximum absolute atomic E-state index is 11.6. The van der Waals surface area contributed by atoms with Crippen molar-refractivity contribution in [2.24, 2.45) is 0 Å². The van der Waals surface area contributed by atoms with E-state index in [1.807, 2.05) is 19.1 Å². The molecule has 1 aliphatic rings. The maximum atomic E-state index is 11.6. The number of hydrogen-bond donors (Lipinski definition) is 1. The number of likely N-dealkylation sites (tertiary alicyclic amines) is 1. The summed E-state index contributed by atoms with van der Waals surface area (Å²) in [5, 5.41) is 3.90. The Bertz CT molecular complexity index is 881. The summed E-state index contributed by atoms with van der Waals surface area (Å²) in [7, 11) is -3.23. The van der Waals surface area contributed by atoms with E-state index in [0.29, 0.717) is 17.0 Å². The Balaban J connectivity index is 1.56. The van der Waals surface area contributed by atoms with Crippen LogP contribution < -0.4 is 5.32 Å². The Labute approximate surface area is 159 Å². The molecule has 3 rings (SSSR count). The average molecular weight is 395 g/mol. The second kappa shape index (κ2) is 7.90. The molecule has 0 saturated carbocycles. The standard InChI is InChI=1S/C18H23ClN4O2S/c1-13-5-8-20-18(21-13)22-15-6-9-23(10-7-15)12-14-3-4-16(11-17(14)19)26(2,24)25/h3-5,8,11,15H,6-7,9-10,12H2,1-2H3,(H,20,21,22). The van der Waals surface area contributed by atoms with Crippen molar-refractivity contribution in [3.8, 4) is 0 Å². The summed E-state index contributed by atoms with van der Waals surface area (Å²) < 4.78 is 23.2. The van der Waals surface area contributed by atoms with Crippen LogP contribution in [0.15, 0.2) is 35.4 Å². The minimum absolute atomic E-state index is 0.257. The molecule has 0 atom stereocenters. The highest BCUT2D eigenvalue weighted by molar-refractivity contribution is 7.90. The van der Waals surface area contributed by atoms with Gasteiger partial charge in [0.05, 0.1) is 4.90 Å². The number of aromatic nitrogens is 2. The van der Waals surface area contributed by atoms with E-state index in [0.717, 1.165) is 43.7 Å². The summed E-state index contributed by atoms with van der Waals surface area (Å²) in [6.07, 6.45) is 4.95. The second-order valence-corrected chi connectivity index (χ2v) is 9.16. The monoisotopic (exact) mass is 394 g/mol. The van der Waals surface area contributed by atoms with Gasteiger partial charge >= 0.3 is 0 Å². The highest BCUT2D eigenvalue weighted by Gasteiger charge is 2.21. The number of nitrogens with zero attached hydrogens (tertiary/aromatic N) is 3. The van der Waals surface area contributed by atoms with E-state index in [9.17, 15) is 8.42 Å². The lowest BCUT2D eigenvalue weighted by molar-refractivity contribution is 0.211. The molecule has 0 bridgehead atoms. The predicted molar refractivity (Wildman–Crippen MR) is 103 cm³/mol. The van der Waals surface area contributed by atoms with Crippen LogP contribution in [0.3, 0.4) is 0 Å². The zero-order chi connectivity index (χ0) is 18.7. The molecule has 2 aromatic rings. The highest BCUT2D eigenvalue weighted by Crippen LogP contribution is 2.24. The van der Waals surface area contributed by atoms with Crippen LogP contribution >= 0.6 is 11.6 Å². The van der Waals surface area contributed by atoms with Crippen molar-refractivity contribution in [3.63, 3.8) is 0 Å². The summed E-state index contributed by atoms with van der Waals surface area (Å²) in [6.45, 7) is 4.55. The van der Waals surface area contributed by atoms with E-state index in [1.54, 1.807) is 12.3 Å². The maximum Gasteiger partial charge on any atom is 0.223 e. The molecule has 1 N–H and O–H groups in total. The van der Waals surface area contributed by atoms with Crippen molar-refractivity contribution in [2.75, 3.05) is 24.7 Å². The molecule has 26 heavy (non-hydrogen) atoms. The number of aryl methyl sites for hydroxylation is 1. The SMILES string of the molecule is Cc1ccnc(NC2CCN(Cc3ccc(S(C)(=O)=O)cc3Cl)CC2)n1. The van der Waals surface area contributed by atoms with Gasteiger partial charge < -0.3 is 5.32 Å². The minimum atomic E-state index is -3.23. The molecule has 1 aromatic carbocycles. The van der Waals surface area contributed by atoms with Crippen LogP contribution in [0.4, 0.5) is 5.95 Å². The van der Waals surface area contributed by atoms with E-state index in [1.165, 1.54) is 12.3 Å². The van der Waals surface area contributed by atoms with Crippen molar-refractivity contribution in [3.05, 3.63) is 46.7 Å². The van der Waals surface area contributed by atoms with Crippen molar-refractivity contribution in [1.29, 1.82) is 0 Å². The van der Waals surface area contributed by atoms with Gasteiger partial charge in [-0.1, -0.05) is 17.7 Å². The third-order valence-electron chi connectivity index (χ3n) is 4.56. The first-order valence-corrected chi connectivity index (χ1v) is 10.9. The molecule has 1 fully saturated rings. The van der Waals surface area contributed by atoms with Crippen molar-refractivity contribution in [2.45, 2.75) is 37.2 Å². The van der Waals surface area contributed by atoms with Gasteiger partial charge in [0.15, 0.2) is 9.84 Å². The summed E-state index contributed by atoms with van der Waals surface area (Å²) in [6, 6.07) is 7.21. The van der Waals surface area contributed by atoms with E-state index in [-0.39, 0.29) is 4.90 Å². The zero-order valence-corrected chi connectivity index (χ0v) is 16.5. The van der Waals surface area contributed by atoms with Crippen LogP contribution in [0.2, 0.25) is 5.02 Å². The first-order valence-electron chi connectivity index (χ1n) is 8.58. The smallest absolute Gasteiger partial charge is 0.223 e. The Morgan fingerprint density at radius 2 is 2.00 bits per heavy atom. The van der Waals surface area contributed by atoms with E-state index in [2.05, 4.69) is 20.2 Å². The van der Waals surface area contributed by atoms with E-state index < -0.39 is 9.84 Å². The summed E-state index contributed by atoms with van der Waals surface area (Å²) in [4.78, 5) is 11.2. The normalized spacial score (nSPS) is 16.6. The predicted octanol–water partition coefficient (Wildman–Crippen LogP) is 2.92. The molecule has 0 unspecified atom stereocenters. The van der Waals surface area contributed by atoms with Crippen molar-refractivity contribution >= 4 is 27.4 Å². The van der Waals surface area contributed by atoms with Crippen LogP contribution in [0, 0.1) is 6.92 Å². The van der Waals surface area contributed by atoms with Crippen molar-refractivity contribution < 1.29 is 8.42 Å². The van der Waals surface area contributed by atoms with Gasteiger partial charge in [-0.15, -0.1) is 0 Å². The topological polar surface area (TPSA) is 75.2 Å². The van der Waals surface area contributed by atoms with Crippen LogP contribution in [0.25, 0.3) is 0 Å². The number of hydrogen-bond acceptors (Lipinski definition) is 6. The molecule has 0 aliphatic carbocycles. The number of halogens is 1. The zero-order valence-electron chi connectivity index (χ0n) is 14.9. The van der Waals surface area contributed by atoms with Crippen LogP contribution in [0.5, 0.6) is 0 Å². The molecule has 0 amide bonds. The largest absolute Gasteiger partial charge is 0.351 e. The van der Waals surface area contributed by atoms with Crippen molar-refractivity contribution in [1.82, 2.24) is 14.9 Å². The van der Waals surface area contributed by atoms with Crippen LogP contribution in [0.1, 0.15) is 24.1 Å². The minimum Gasteiger partial charge on any atom is -0.351 e. The van der Waals surface area contributed by atoms with Gasteiger partial charge in [0.2, 0.25) is 5.95 Å². The number of benzene rings is 1. The third-order valence-corrected chi connectivity index (χ3v) is 6.02. The fraction of sp³-hybridized carbons (Fsp3) is 0.444. The van der Waals surface area contributed by atoms with Gasteiger partial charge in [-0.3, -0.25) is 4.90 Å². The first kappa shape index (κ1) is 19.1. The molecule has 2 heterocycles. The summed E-state index contributed by atoms with van der Waals surface area (Å²) >= 11 is 6.29. The average Bonchev–Trinajstić information content (AvgIpc) is 2.57. The van der Waals surface area contributed by atoms with Gasteiger partial charge in [0.25, 0.3) is 0 Å². The fourth-order valence-corrected chi connectivity index (χ4v) is 4.02. The molecule has 1 aromatic heterocycles. The number of anilines is 1. The Kier molecular flexibility index (Phi) is 5.79. The van der Waals surface area contributed by atoms with Gasteiger partial charge in [-0.2, -0.15) is 0 Å². The molecule has 0 spiro atoms. The molecular weight excluding hydrogens is 372 g/mol. The summed E-state index contributed by atoms with van der Waals surface area (Å²) in [5.41, 5.74) is 1.90. The summed E-state index contributed by atoms with van der Waals surface area (Å²) in [5.74, 6) is 0.683. The Morgan fingerprint density at radius 3 is 2.62 bits per heavy atom. The lowest BCUT2D eigenvalue weighted by atomic mass is 10.0. The van der Waals surface area contributed by atoms with E-state index in [4.69, 9.17) is 11.6 Å². The second-order valence-electron chi connectivity index (χ2n) is 6.74. The highest BCUT2D eigenvalue weighted by atomic mass is 35.5. The molecule has 8 heteroatoms. The number of rotatable bonds is 5. The number of nitrogens with one attached hydrogen (secondary N) is 1. The van der Waals surface area contributed by atoms with Gasteiger partial charge in [-0.05, 0) is 43.5 Å². The first-order chi connectivity index (χ1) is 12.3. The molecule has 1 aliphatic heterocycles. The van der Waals surface area contributed by atoms with Gasteiger partial charge in [0, 0.05) is 48.8 Å².